The Bertz CT molecular complexity index is 666. The molecule has 5 heteroatoms. The SMILES string of the molecule is O=C(O)[C@H]1CN(C(=O)C2(c3ccccc3F)CC2)C[C@@H]1C1CC1. The average Bonchev–Trinajstić information content (AvgIpc) is 3.45. The summed E-state index contributed by atoms with van der Waals surface area (Å²) in [6.07, 6.45) is 3.42. The first-order valence-electron chi connectivity index (χ1n) is 8.30. The van der Waals surface area contributed by atoms with Crippen LogP contribution in [-0.4, -0.2) is 35.0 Å². The molecule has 1 aromatic rings. The molecular weight excluding hydrogens is 297 g/mol. The van der Waals surface area contributed by atoms with Crippen LogP contribution >= 0.6 is 0 Å². The van der Waals surface area contributed by atoms with Gasteiger partial charge < -0.3 is 10.0 Å². The number of rotatable bonds is 4. The smallest absolute Gasteiger partial charge is 0.308 e. The van der Waals surface area contributed by atoms with Gasteiger partial charge in [-0.2, -0.15) is 0 Å². The molecule has 1 saturated heterocycles. The molecule has 0 bridgehead atoms. The fourth-order valence-electron chi connectivity index (χ4n) is 4.13. The van der Waals surface area contributed by atoms with Crippen molar-refractivity contribution in [2.45, 2.75) is 31.1 Å². The monoisotopic (exact) mass is 317 g/mol. The summed E-state index contributed by atoms with van der Waals surface area (Å²) < 4.78 is 14.1. The maximum absolute atomic E-state index is 14.1. The van der Waals surface area contributed by atoms with Crippen LogP contribution in [0.25, 0.3) is 0 Å². The number of aliphatic carboxylic acids is 1. The van der Waals surface area contributed by atoms with Crippen LogP contribution in [0, 0.1) is 23.6 Å². The van der Waals surface area contributed by atoms with Gasteiger partial charge in [0.25, 0.3) is 0 Å². The zero-order valence-electron chi connectivity index (χ0n) is 12.9. The van der Waals surface area contributed by atoms with Gasteiger partial charge >= 0.3 is 5.97 Å². The van der Waals surface area contributed by atoms with E-state index in [1.807, 2.05) is 0 Å². The molecule has 122 valence electrons. The van der Waals surface area contributed by atoms with Crippen molar-refractivity contribution in [2.24, 2.45) is 17.8 Å². The van der Waals surface area contributed by atoms with E-state index in [1.165, 1.54) is 6.07 Å². The second kappa shape index (κ2) is 5.05. The lowest BCUT2D eigenvalue weighted by Gasteiger charge is -2.24. The van der Waals surface area contributed by atoms with E-state index in [4.69, 9.17) is 0 Å². The maximum Gasteiger partial charge on any atom is 0.308 e. The largest absolute Gasteiger partial charge is 0.481 e. The topological polar surface area (TPSA) is 57.6 Å². The van der Waals surface area contributed by atoms with E-state index < -0.39 is 17.3 Å². The predicted octanol–water partition coefficient (Wildman–Crippen LogP) is 2.43. The lowest BCUT2D eigenvalue weighted by molar-refractivity contribution is -0.142. The van der Waals surface area contributed by atoms with E-state index in [1.54, 1.807) is 23.1 Å². The van der Waals surface area contributed by atoms with Crippen molar-refractivity contribution < 1.29 is 19.1 Å². The molecule has 23 heavy (non-hydrogen) atoms. The first-order valence-corrected chi connectivity index (χ1v) is 8.30. The van der Waals surface area contributed by atoms with Crippen molar-refractivity contribution in [3.63, 3.8) is 0 Å². The van der Waals surface area contributed by atoms with Gasteiger partial charge in [0.2, 0.25) is 5.91 Å². The summed E-state index contributed by atoms with van der Waals surface area (Å²) in [5, 5.41) is 9.44. The van der Waals surface area contributed by atoms with Crippen molar-refractivity contribution >= 4 is 11.9 Å². The zero-order valence-corrected chi connectivity index (χ0v) is 12.9. The Balaban J connectivity index is 1.58. The fourth-order valence-corrected chi connectivity index (χ4v) is 4.13. The number of nitrogens with zero attached hydrogens (tertiary/aromatic N) is 1. The second-order valence-electron chi connectivity index (χ2n) is 7.22. The number of hydrogen-bond acceptors (Lipinski definition) is 2. The minimum atomic E-state index is -0.812. The van der Waals surface area contributed by atoms with E-state index in [9.17, 15) is 19.1 Å². The molecule has 1 aliphatic heterocycles. The Kier molecular flexibility index (Phi) is 3.22. The predicted molar refractivity (Wildman–Crippen MR) is 81.2 cm³/mol. The molecule has 0 radical (unpaired) electrons. The Hall–Kier alpha value is -1.91. The summed E-state index contributed by atoms with van der Waals surface area (Å²) in [5.74, 6) is -1.20. The summed E-state index contributed by atoms with van der Waals surface area (Å²) in [4.78, 5) is 26.2. The first kappa shape index (κ1) is 14.7. The van der Waals surface area contributed by atoms with Gasteiger partial charge in [-0.1, -0.05) is 18.2 Å². The molecule has 0 aromatic heterocycles. The number of hydrogen-bond donors (Lipinski definition) is 1. The number of carbonyl (C=O) groups is 2. The molecule has 2 aliphatic carbocycles. The van der Waals surface area contributed by atoms with Crippen LogP contribution in [0.3, 0.4) is 0 Å². The maximum atomic E-state index is 14.1. The molecule has 2 atom stereocenters. The van der Waals surface area contributed by atoms with Crippen molar-refractivity contribution in [1.82, 2.24) is 4.90 Å². The number of benzene rings is 1. The highest BCUT2D eigenvalue weighted by Crippen LogP contribution is 2.52. The first-order chi connectivity index (χ1) is 11.0. The highest BCUT2D eigenvalue weighted by Gasteiger charge is 2.57. The van der Waals surface area contributed by atoms with Crippen molar-refractivity contribution in [3.8, 4) is 0 Å². The van der Waals surface area contributed by atoms with Crippen LogP contribution in [0.4, 0.5) is 4.39 Å². The Morgan fingerprint density at radius 1 is 1.17 bits per heavy atom. The van der Waals surface area contributed by atoms with Gasteiger partial charge in [0, 0.05) is 18.7 Å². The number of carboxylic acids is 1. The summed E-state index contributed by atoms with van der Waals surface area (Å²) in [5.41, 5.74) is -0.293. The van der Waals surface area contributed by atoms with Crippen molar-refractivity contribution in [3.05, 3.63) is 35.6 Å². The highest BCUT2D eigenvalue weighted by atomic mass is 19.1. The number of carboxylic acid groups (broad SMARTS) is 1. The minimum Gasteiger partial charge on any atom is -0.481 e. The lowest BCUT2D eigenvalue weighted by atomic mass is 9.92. The zero-order chi connectivity index (χ0) is 16.2. The molecule has 3 fully saturated rings. The molecule has 2 saturated carbocycles. The van der Waals surface area contributed by atoms with E-state index in [2.05, 4.69) is 0 Å². The van der Waals surface area contributed by atoms with Gasteiger partial charge in [0.1, 0.15) is 5.82 Å². The Morgan fingerprint density at radius 3 is 2.43 bits per heavy atom. The molecule has 1 aromatic carbocycles. The lowest BCUT2D eigenvalue weighted by Crippen LogP contribution is -2.39. The highest BCUT2D eigenvalue weighted by molar-refractivity contribution is 5.92. The minimum absolute atomic E-state index is 0.0628. The van der Waals surface area contributed by atoms with Gasteiger partial charge in [-0.3, -0.25) is 9.59 Å². The van der Waals surface area contributed by atoms with E-state index in [0.717, 1.165) is 12.8 Å². The van der Waals surface area contributed by atoms with Gasteiger partial charge in [0.15, 0.2) is 0 Å². The molecule has 0 spiro atoms. The van der Waals surface area contributed by atoms with E-state index >= 15 is 0 Å². The molecular formula is C18H20FNO3. The fraction of sp³-hybridized carbons (Fsp3) is 0.556. The molecule has 3 aliphatic rings. The van der Waals surface area contributed by atoms with Crippen molar-refractivity contribution in [1.29, 1.82) is 0 Å². The molecule has 4 rings (SSSR count). The third kappa shape index (κ3) is 2.33. The molecule has 4 nitrogen and oxygen atoms in total. The summed E-state index contributed by atoms with van der Waals surface area (Å²) in [7, 11) is 0. The molecule has 1 N–H and O–H groups in total. The average molecular weight is 317 g/mol. The van der Waals surface area contributed by atoms with Gasteiger partial charge in [0.05, 0.1) is 11.3 Å². The molecule has 1 amide bonds. The van der Waals surface area contributed by atoms with Crippen LogP contribution < -0.4 is 0 Å². The molecule has 0 unspecified atom stereocenters. The van der Waals surface area contributed by atoms with E-state index in [-0.39, 0.29) is 24.2 Å². The Morgan fingerprint density at radius 2 is 1.87 bits per heavy atom. The summed E-state index contributed by atoms with van der Waals surface area (Å²) >= 11 is 0. The number of amides is 1. The van der Waals surface area contributed by atoms with Gasteiger partial charge in [-0.25, -0.2) is 4.39 Å². The van der Waals surface area contributed by atoms with Crippen LogP contribution in [0.2, 0.25) is 0 Å². The molecule has 1 heterocycles. The summed E-state index contributed by atoms with van der Waals surface area (Å²) in [6, 6.07) is 6.45. The second-order valence-corrected chi connectivity index (χ2v) is 7.22. The quantitative estimate of drug-likeness (QED) is 0.928. The van der Waals surface area contributed by atoms with Crippen LogP contribution in [0.5, 0.6) is 0 Å². The van der Waals surface area contributed by atoms with Crippen LogP contribution in [0.15, 0.2) is 24.3 Å². The third-order valence-corrected chi connectivity index (χ3v) is 5.75. The van der Waals surface area contributed by atoms with E-state index in [0.29, 0.717) is 30.9 Å². The van der Waals surface area contributed by atoms with Crippen molar-refractivity contribution in [2.75, 3.05) is 13.1 Å². The van der Waals surface area contributed by atoms with Gasteiger partial charge in [-0.15, -0.1) is 0 Å². The van der Waals surface area contributed by atoms with Crippen LogP contribution in [0.1, 0.15) is 31.2 Å². The normalized spacial score (nSPS) is 28.7. The number of carbonyl (C=O) groups excluding carboxylic acids is 1. The van der Waals surface area contributed by atoms with Crippen LogP contribution in [-0.2, 0) is 15.0 Å². The van der Waals surface area contributed by atoms with Gasteiger partial charge in [-0.05, 0) is 43.6 Å². The third-order valence-electron chi connectivity index (χ3n) is 5.75. The standard InChI is InChI=1S/C18H20FNO3/c19-15-4-2-1-3-14(15)18(7-8-18)17(23)20-9-12(11-5-6-11)13(10-20)16(21)22/h1-4,11-13H,5-10H2,(H,21,22)/t12-,13+/m1/s1. The number of likely N-dealkylation sites (tertiary alicyclic amines) is 1. The Labute approximate surface area is 134 Å². The summed E-state index contributed by atoms with van der Waals surface area (Å²) in [6.45, 7) is 0.780. The number of halogens is 1.